The highest BCUT2D eigenvalue weighted by atomic mass is 32.1. The molecule has 2 heterocycles. The van der Waals surface area contributed by atoms with Gasteiger partial charge in [-0.1, -0.05) is 0 Å². The second-order valence-electron chi connectivity index (χ2n) is 6.55. The summed E-state index contributed by atoms with van der Waals surface area (Å²) in [4.78, 5) is 33.0. The summed E-state index contributed by atoms with van der Waals surface area (Å²) in [6.45, 7) is 5.96. The number of aromatic nitrogens is 1. The summed E-state index contributed by atoms with van der Waals surface area (Å²) in [6, 6.07) is 5.81. The summed E-state index contributed by atoms with van der Waals surface area (Å²) in [5.74, 6) is 0.179. The van der Waals surface area contributed by atoms with Crippen LogP contribution in [0, 0.1) is 5.92 Å². The highest BCUT2D eigenvalue weighted by Crippen LogP contribution is 2.33. The molecule has 2 amide bonds. The van der Waals surface area contributed by atoms with Crippen LogP contribution in [0.2, 0.25) is 0 Å². The number of rotatable bonds is 6. The number of hydrogen-bond acceptors (Lipinski definition) is 4. The first-order valence-electron chi connectivity index (χ1n) is 9.19. The maximum atomic E-state index is 12.6. The first-order valence-corrected chi connectivity index (χ1v) is 10.0. The van der Waals surface area contributed by atoms with Gasteiger partial charge in [-0.15, -0.1) is 11.3 Å². The van der Waals surface area contributed by atoms with Crippen molar-refractivity contribution >= 4 is 23.2 Å². The SMILES string of the molecule is CCN(CC)C(=O)c1cc2c(s1)CC[C@@H](C(=O)NCc1ccncc1)C2. The Kier molecular flexibility index (Phi) is 6.04. The number of carbonyl (C=O) groups is 2. The molecule has 0 aliphatic heterocycles. The Labute approximate surface area is 158 Å². The standard InChI is InChI=1S/C20H25N3O2S/c1-3-23(4-2)20(25)18-12-16-11-15(5-6-17(16)26-18)19(24)22-13-14-7-9-21-10-8-14/h7-10,12,15H,3-6,11,13H2,1-2H3,(H,22,24)/t15-/m1/s1. The summed E-state index contributed by atoms with van der Waals surface area (Å²) in [6.07, 6.45) is 5.90. The normalized spacial score (nSPS) is 16.0. The second kappa shape index (κ2) is 8.45. The minimum atomic E-state index is -0.0182. The fraction of sp³-hybridized carbons (Fsp3) is 0.450. The van der Waals surface area contributed by atoms with Crippen LogP contribution in [0.15, 0.2) is 30.6 Å². The van der Waals surface area contributed by atoms with E-state index >= 15 is 0 Å². The van der Waals surface area contributed by atoms with Crippen molar-refractivity contribution < 1.29 is 9.59 Å². The van der Waals surface area contributed by atoms with Crippen molar-refractivity contribution in [2.75, 3.05) is 13.1 Å². The molecule has 26 heavy (non-hydrogen) atoms. The molecule has 1 aliphatic rings. The van der Waals surface area contributed by atoms with Gasteiger partial charge in [-0.3, -0.25) is 14.6 Å². The van der Waals surface area contributed by atoms with Gasteiger partial charge in [-0.25, -0.2) is 0 Å². The first kappa shape index (κ1) is 18.6. The summed E-state index contributed by atoms with van der Waals surface area (Å²) in [5.41, 5.74) is 2.22. The lowest BCUT2D eigenvalue weighted by Crippen LogP contribution is -2.33. The van der Waals surface area contributed by atoms with Crippen LogP contribution in [0.4, 0.5) is 0 Å². The Bertz CT molecular complexity index is 769. The molecule has 0 unspecified atom stereocenters. The Morgan fingerprint density at radius 3 is 2.69 bits per heavy atom. The van der Waals surface area contributed by atoms with Gasteiger partial charge >= 0.3 is 0 Å². The van der Waals surface area contributed by atoms with E-state index in [1.54, 1.807) is 23.7 Å². The Hall–Kier alpha value is -2.21. The topological polar surface area (TPSA) is 62.3 Å². The monoisotopic (exact) mass is 371 g/mol. The molecule has 5 nitrogen and oxygen atoms in total. The zero-order chi connectivity index (χ0) is 18.5. The van der Waals surface area contributed by atoms with E-state index in [1.165, 1.54) is 10.4 Å². The van der Waals surface area contributed by atoms with E-state index in [-0.39, 0.29) is 17.7 Å². The van der Waals surface area contributed by atoms with Crippen LogP contribution >= 0.6 is 11.3 Å². The lowest BCUT2D eigenvalue weighted by Gasteiger charge is -2.21. The summed E-state index contributed by atoms with van der Waals surface area (Å²) < 4.78 is 0. The largest absolute Gasteiger partial charge is 0.352 e. The molecule has 0 saturated carbocycles. The van der Waals surface area contributed by atoms with E-state index in [4.69, 9.17) is 0 Å². The van der Waals surface area contributed by atoms with E-state index in [1.807, 2.05) is 36.9 Å². The van der Waals surface area contributed by atoms with Crippen molar-refractivity contribution in [2.24, 2.45) is 5.92 Å². The third kappa shape index (κ3) is 4.12. The Morgan fingerprint density at radius 2 is 2.00 bits per heavy atom. The van der Waals surface area contributed by atoms with Crippen LogP contribution in [0.1, 0.15) is 45.9 Å². The van der Waals surface area contributed by atoms with Gasteiger partial charge in [0.15, 0.2) is 0 Å². The fourth-order valence-electron chi connectivity index (χ4n) is 3.35. The number of fused-ring (bicyclic) bond motifs is 1. The lowest BCUT2D eigenvalue weighted by atomic mass is 9.87. The van der Waals surface area contributed by atoms with E-state index in [2.05, 4.69) is 10.3 Å². The molecule has 1 N–H and O–H groups in total. The highest BCUT2D eigenvalue weighted by molar-refractivity contribution is 7.14. The molecule has 0 aromatic carbocycles. The second-order valence-corrected chi connectivity index (χ2v) is 7.69. The fourth-order valence-corrected chi connectivity index (χ4v) is 4.53. The number of aryl methyl sites for hydroxylation is 1. The van der Waals surface area contributed by atoms with E-state index in [9.17, 15) is 9.59 Å². The third-order valence-corrected chi connectivity index (χ3v) is 6.16. The van der Waals surface area contributed by atoms with Crippen LogP contribution in [0.3, 0.4) is 0 Å². The Balaban J connectivity index is 1.62. The molecule has 0 bridgehead atoms. The van der Waals surface area contributed by atoms with Gasteiger partial charge in [0.2, 0.25) is 5.91 Å². The average molecular weight is 372 g/mol. The van der Waals surface area contributed by atoms with Crippen LogP contribution in [-0.4, -0.2) is 34.8 Å². The number of pyridine rings is 1. The number of hydrogen-bond donors (Lipinski definition) is 1. The van der Waals surface area contributed by atoms with Crippen molar-refractivity contribution in [2.45, 2.75) is 39.7 Å². The van der Waals surface area contributed by atoms with Gasteiger partial charge in [0.05, 0.1) is 4.88 Å². The molecule has 2 aromatic heterocycles. The smallest absolute Gasteiger partial charge is 0.263 e. The summed E-state index contributed by atoms with van der Waals surface area (Å²) in [5, 5.41) is 3.03. The highest BCUT2D eigenvalue weighted by Gasteiger charge is 2.28. The molecule has 3 rings (SSSR count). The van der Waals surface area contributed by atoms with Gasteiger partial charge in [-0.2, -0.15) is 0 Å². The summed E-state index contributed by atoms with van der Waals surface area (Å²) in [7, 11) is 0. The van der Waals surface area contributed by atoms with Crippen molar-refractivity contribution in [3.05, 3.63) is 51.5 Å². The molecule has 0 fully saturated rings. The molecular weight excluding hydrogens is 346 g/mol. The minimum Gasteiger partial charge on any atom is -0.352 e. The van der Waals surface area contributed by atoms with Gasteiger partial charge < -0.3 is 10.2 Å². The van der Waals surface area contributed by atoms with Crippen LogP contribution < -0.4 is 5.32 Å². The van der Waals surface area contributed by atoms with Crippen LogP contribution in [0.5, 0.6) is 0 Å². The minimum absolute atomic E-state index is 0.0182. The molecule has 0 saturated heterocycles. The van der Waals surface area contributed by atoms with E-state index in [0.29, 0.717) is 6.54 Å². The van der Waals surface area contributed by atoms with Crippen molar-refractivity contribution in [1.29, 1.82) is 0 Å². The van der Waals surface area contributed by atoms with Gasteiger partial charge in [0.1, 0.15) is 0 Å². The molecule has 2 aromatic rings. The predicted octanol–water partition coefficient (Wildman–Crippen LogP) is 3.05. The van der Waals surface area contributed by atoms with Crippen LogP contribution in [-0.2, 0) is 24.2 Å². The Morgan fingerprint density at radius 1 is 1.27 bits per heavy atom. The zero-order valence-corrected chi connectivity index (χ0v) is 16.1. The number of amides is 2. The predicted molar refractivity (Wildman–Crippen MR) is 103 cm³/mol. The molecule has 138 valence electrons. The molecule has 6 heteroatoms. The van der Waals surface area contributed by atoms with E-state index in [0.717, 1.165) is 42.8 Å². The lowest BCUT2D eigenvalue weighted by molar-refractivity contribution is -0.125. The van der Waals surface area contributed by atoms with Gasteiger partial charge in [-0.05, 0) is 62.4 Å². The molecular formula is C20H25N3O2S. The van der Waals surface area contributed by atoms with Crippen molar-refractivity contribution in [3.63, 3.8) is 0 Å². The maximum absolute atomic E-state index is 12.6. The van der Waals surface area contributed by atoms with Gasteiger partial charge in [0.25, 0.3) is 5.91 Å². The number of thiophene rings is 1. The average Bonchev–Trinajstić information content (AvgIpc) is 3.11. The third-order valence-electron chi connectivity index (χ3n) is 4.93. The maximum Gasteiger partial charge on any atom is 0.263 e. The van der Waals surface area contributed by atoms with Crippen molar-refractivity contribution in [1.82, 2.24) is 15.2 Å². The molecule has 0 radical (unpaired) electrons. The van der Waals surface area contributed by atoms with Crippen molar-refractivity contribution in [3.8, 4) is 0 Å². The van der Waals surface area contributed by atoms with Gasteiger partial charge in [0, 0.05) is 42.8 Å². The van der Waals surface area contributed by atoms with Crippen LogP contribution in [0.25, 0.3) is 0 Å². The first-order chi connectivity index (χ1) is 12.6. The zero-order valence-electron chi connectivity index (χ0n) is 15.3. The molecule has 1 aliphatic carbocycles. The van der Waals surface area contributed by atoms with E-state index < -0.39 is 0 Å². The number of nitrogens with one attached hydrogen (secondary N) is 1. The molecule has 0 spiro atoms. The number of nitrogens with zero attached hydrogens (tertiary/aromatic N) is 2. The summed E-state index contributed by atoms with van der Waals surface area (Å²) >= 11 is 1.60. The quantitative estimate of drug-likeness (QED) is 0.849. The number of carbonyl (C=O) groups excluding carboxylic acids is 2. The molecule has 1 atom stereocenters.